The summed E-state index contributed by atoms with van der Waals surface area (Å²) in [6.07, 6.45) is 3.06. The second-order valence-corrected chi connectivity index (χ2v) is 5.73. The lowest BCUT2D eigenvalue weighted by molar-refractivity contribution is 0.0686. The van der Waals surface area contributed by atoms with Gasteiger partial charge in [-0.3, -0.25) is 9.48 Å². The molecule has 2 heterocycles. The molecule has 1 aliphatic rings. The van der Waals surface area contributed by atoms with E-state index in [-0.39, 0.29) is 5.91 Å². The molecule has 1 amide bonds. The van der Waals surface area contributed by atoms with Crippen LogP contribution in [0.1, 0.15) is 42.9 Å². The molecule has 0 saturated carbocycles. The van der Waals surface area contributed by atoms with E-state index in [1.807, 2.05) is 22.6 Å². The fraction of sp³-hybridized carbons (Fsp3) is 0.714. The van der Waals surface area contributed by atoms with E-state index in [4.69, 9.17) is 0 Å². The van der Waals surface area contributed by atoms with Crippen molar-refractivity contribution in [3.8, 4) is 0 Å². The number of aromatic nitrogens is 2. The number of amides is 1. The van der Waals surface area contributed by atoms with Crippen LogP contribution in [0.4, 0.5) is 0 Å². The van der Waals surface area contributed by atoms with E-state index in [0.29, 0.717) is 5.92 Å². The summed E-state index contributed by atoms with van der Waals surface area (Å²) in [6.45, 7) is 6.58. The van der Waals surface area contributed by atoms with Crippen LogP contribution in [0.3, 0.4) is 0 Å². The molecule has 2 rings (SSSR count). The van der Waals surface area contributed by atoms with Gasteiger partial charge in [0, 0.05) is 25.0 Å². The predicted octanol–water partition coefficient (Wildman–Crippen LogP) is 2.71. The Hall–Kier alpha value is -0.840. The topological polar surface area (TPSA) is 38.1 Å². The monoisotopic (exact) mass is 327 g/mol. The van der Waals surface area contributed by atoms with Gasteiger partial charge in [0.2, 0.25) is 0 Å². The quantitative estimate of drug-likeness (QED) is 0.797. The third-order valence-electron chi connectivity index (χ3n) is 3.83. The molecule has 0 aliphatic carbocycles. The van der Waals surface area contributed by atoms with Gasteiger partial charge in [0.25, 0.3) is 5.91 Å². The number of hydrogen-bond acceptors (Lipinski definition) is 2. The highest BCUT2D eigenvalue weighted by molar-refractivity contribution is 9.09. The van der Waals surface area contributed by atoms with Crippen molar-refractivity contribution in [2.45, 2.75) is 39.7 Å². The zero-order valence-electron chi connectivity index (χ0n) is 11.7. The molecule has 1 saturated heterocycles. The molecule has 1 aliphatic heterocycles. The maximum absolute atomic E-state index is 12.6. The Bertz CT molecular complexity index is 436. The summed E-state index contributed by atoms with van der Waals surface area (Å²) in [4.78, 5) is 14.5. The number of nitrogens with zero attached hydrogens (tertiary/aromatic N) is 3. The molecular formula is C14H22BrN3O. The molecule has 1 aromatic heterocycles. The third kappa shape index (κ3) is 3.19. The Balaban J connectivity index is 2.09. The lowest BCUT2D eigenvalue weighted by Crippen LogP contribution is -2.39. The SMILES string of the molecule is CCc1cc(C(=O)N2CCC(CBr)CC2)n(CC)n1. The number of halogens is 1. The lowest BCUT2D eigenvalue weighted by atomic mass is 9.99. The molecule has 19 heavy (non-hydrogen) atoms. The van der Waals surface area contributed by atoms with Crippen LogP contribution in [-0.4, -0.2) is 39.0 Å². The molecule has 0 aromatic carbocycles. The zero-order chi connectivity index (χ0) is 13.8. The number of piperidine rings is 1. The number of hydrogen-bond donors (Lipinski definition) is 0. The molecule has 0 radical (unpaired) electrons. The van der Waals surface area contributed by atoms with Gasteiger partial charge in [-0.25, -0.2) is 0 Å². The lowest BCUT2D eigenvalue weighted by Gasteiger charge is -2.31. The van der Waals surface area contributed by atoms with Gasteiger partial charge in [-0.05, 0) is 38.2 Å². The van der Waals surface area contributed by atoms with Crippen LogP contribution in [0, 0.1) is 5.92 Å². The third-order valence-corrected chi connectivity index (χ3v) is 4.75. The normalized spacial score (nSPS) is 16.9. The average Bonchev–Trinajstić information content (AvgIpc) is 2.90. The van der Waals surface area contributed by atoms with Crippen molar-refractivity contribution < 1.29 is 4.79 Å². The van der Waals surface area contributed by atoms with Crippen molar-refractivity contribution in [1.29, 1.82) is 0 Å². The molecule has 0 bridgehead atoms. The summed E-state index contributed by atoms with van der Waals surface area (Å²) >= 11 is 3.53. The van der Waals surface area contributed by atoms with Gasteiger partial charge in [-0.15, -0.1) is 0 Å². The van der Waals surface area contributed by atoms with Gasteiger partial charge < -0.3 is 4.90 Å². The number of alkyl halides is 1. The summed E-state index contributed by atoms with van der Waals surface area (Å²) < 4.78 is 1.83. The minimum atomic E-state index is 0.141. The van der Waals surface area contributed by atoms with Gasteiger partial charge in [0.1, 0.15) is 5.69 Å². The second kappa shape index (κ2) is 6.55. The Kier molecular flexibility index (Phi) is 5.02. The summed E-state index contributed by atoms with van der Waals surface area (Å²) in [5, 5.41) is 5.50. The fourth-order valence-corrected chi connectivity index (χ4v) is 3.16. The fourth-order valence-electron chi connectivity index (χ4n) is 2.51. The van der Waals surface area contributed by atoms with Crippen molar-refractivity contribution in [3.63, 3.8) is 0 Å². The van der Waals surface area contributed by atoms with Crippen LogP contribution < -0.4 is 0 Å². The van der Waals surface area contributed by atoms with Crippen LogP contribution in [-0.2, 0) is 13.0 Å². The van der Waals surface area contributed by atoms with Crippen LogP contribution >= 0.6 is 15.9 Å². The number of likely N-dealkylation sites (tertiary alicyclic amines) is 1. The average molecular weight is 328 g/mol. The van der Waals surface area contributed by atoms with Gasteiger partial charge in [-0.1, -0.05) is 22.9 Å². The highest BCUT2D eigenvalue weighted by Gasteiger charge is 2.25. The molecule has 0 N–H and O–H groups in total. The van der Waals surface area contributed by atoms with Crippen LogP contribution in [0.25, 0.3) is 0 Å². The number of aryl methyl sites for hydroxylation is 2. The largest absolute Gasteiger partial charge is 0.337 e. The maximum Gasteiger partial charge on any atom is 0.272 e. The first-order chi connectivity index (χ1) is 9.19. The van der Waals surface area contributed by atoms with Crippen LogP contribution in [0.5, 0.6) is 0 Å². The highest BCUT2D eigenvalue weighted by atomic mass is 79.9. The molecule has 1 fully saturated rings. The smallest absolute Gasteiger partial charge is 0.272 e. The van der Waals surface area contributed by atoms with Gasteiger partial charge in [0.05, 0.1) is 5.69 Å². The van der Waals surface area contributed by atoms with E-state index in [2.05, 4.69) is 28.0 Å². The minimum Gasteiger partial charge on any atom is -0.337 e. The summed E-state index contributed by atoms with van der Waals surface area (Å²) in [6, 6.07) is 1.95. The summed E-state index contributed by atoms with van der Waals surface area (Å²) in [5.74, 6) is 0.855. The zero-order valence-corrected chi connectivity index (χ0v) is 13.3. The van der Waals surface area contributed by atoms with Crippen molar-refractivity contribution in [2.24, 2.45) is 5.92 Å². The maximum atomic E-state index is 12.6. The molecule has 106 valence electrons. The Morgan fingerprint density at radius 2 is 2.11 bits per heavy atom. The molecule has 0 unspecified atom stereocenters. The predicted molar refractivity (Wildman–Crippen MR) is 79.7 cm³/mol. The molecule has 5 heteroatoms. The molecule has 0 atom stereocenters. The van der Waals surface area contributed by atoms with Gasteiger partial charge >= 0.3 is 0 Å². The number of carbonyl (C=O) groups is 1. The van der Waals surface area contributed by atoms with E-state index in [9.17, 15) is 4.79 Å². The number of carbonyl (C=O) groups excluding carboxylic acids is 1. The van der Waals surface area contributed by atoms with Crippen LogP contribution in [0.2, 0.25) is 0 Å². The molecule has 1 aromatic rings. The molecule has 0 spiro atoms. The highest BCUT2D eigenvalue weighted by Crippen LogP contribution is 2.21. The van der Waals surface area contributed by atoms with E-state index >= 15 is 0 Å². The van der Waals surface area contributed by atoms with E-state index in [0.717, 1.165) is 55.6 Å². The van der Waals surface area contributed by atoms with Crippen molar-refractivity contribution in [1.82, 2.24) is 14.7 Å². The first kappa shape index (κ1) is 14.6. The van der Waals surface area contributed by atoms with Crippen molar-refractivity contribution in [3.05, 3.63) is 17.5 Å². The summed E-state index contributed by atoms with van der Waals surface area (Å²) in [5.41, 5.74) is 1.75. The van der Waals surface area contributed by atoms with Crippen LogP contribution in [0.15, 0.2) is 6.07 Å². The first-order valence-electron chi connectivity index (χ1n) is 7.11. The Labute approximate surface area is 123 Å². The van der Waals surface area contributed by atoms with E-state index < -0.39 is 0 Å². The molecule has 4 nitrogen and oxygen atoms in total. The van der Waals surface area contributed by atoms with E-state index in [1.54, 1.807) is 0 Å². The first-order valence-corrected chi connectivity index (χ1v) is 8.23. The van der Waals surface area contributed by atoms with Crippen molar-refractivity contribution in [2.75, 3.05) is 18.4 Å². The summed E-state index contributed by atoms with van der Waals surface area (Å²) in [7, 11) is 0. The Morgan fingerprint density at radius 1 is 1.42 bits per heavy atom. The van der Waals surface area contributed by atoms with Gasteiger partial charge in [0.15, 0.2) is 0 Å². The van der Waals surface area contributed by atoms with E-state index in [1.165, 1.54) is 0 Å². The number of rotatable bonds is 4. The molecular weight excluding hydrogens is 306 g/mol. The van der Waals surface area contributed by atoms with Crippen molar-refractivity contribution >= 4 is 21.8 Å². The standard InChI is InChI=1S/C14H22BrN3O/c1-3-12-9-13(18(4-2)16-12)14(19)17-7-5-11(10-15)6-8-17/h9,11H,3-8,10H2,1-2H3. The second-order valence-electron chi connectivity index (χ2n) is 5.08. The Morgan fingerprint density at radius 3 is 2.63 bits per heavy atom. The minimum absolute atomic E-state index is 0.141. The van der Waals surface area contributed by atoms with Gasteiger partial charge in [-0.2, -0.15) is 5.10 Å².